The number of nitrogens with zero attached hydrogens (tertiary/aromatic N) is 1. The second-order valence-corrected chi connectivity index (χ2v) is 6.76. The van der Waals surface area contributed by atoms with E-state index < -0.39 is 0 Å². The highest BCUT2D eigenvalue weighted by Gasteiger charge is 2.18. The lowest BCUT2D eigenvalue weighted by Crippen LogP contribution is -2.44. The number of likely N-dealkylation sites (tertiary alicyclic amines) is 1. The van der Waals surface area contributed by atoms with E-state index in [-0.39, 0.29) is 18.0 Å². The van der Waals surface area contributed by atoms with Crippen LogP contribution in [0.1, 0.15) is 45.4 Å². The molecular weight excluding hydrogens is 316 g/mol. The third-order valence-electron chi connectivity index (χ3n) is 4.49. The smallest absolute Gasteiger partial charge is 0.319 e. The summed E-state index contributed by atoms with van der Waals surface area (Å²) in [6.45, 7) is 4.14. The maximum absolute atomic E-state index is 12.1. The summed E-state index contributed by atoms with van der Waals surface area (Å²) in [6, 6.07) is 7.28. The molecule has 0 atom stereocenters. The molecule has 1 aromatic rings. The molecule has 6 nitrogen and oxygen atoms in total. The summed E-state index contributed by atoms with van der Waals surface area (Å²) in [5.74, 6) is 0.0363. The zero-order chi connectivity index (χ0) is 18.1. The van der Waals surface area contributed by atoms with E-state index in [2.05, 4.69) is 34.8 Å². The molecule has 6 heteroatoms. The molecule has 0 aliphatic carbocycles. The van der Waals surface area contributed by atoms with Gasteiger partial charge < -0.3 is 20.9 Å². The summed E-state index contributed by atoms with van der Waals surface area (Å²) in [4.78, 5) is 26.1. The zero-order valence-corrected chi connectivity index (χ0v) is 15.3. The van der Waals surface area contributed by atoms with Crippen LogP contribution in [0, 0.1) is 0 Å². The third-order valence-corrected chi connectivity index (χ3v) is 4.49. The van der Waals surface area contributed by atoms with Gasteiger partial charge in [0.15, 0.2) is 0 Å². The van der Waals surface area contributed by atoms with E-state index in [1.54, 1.807) is 12.1 Å². The second-order valence-electron chi connectivity index (χ2n) is 6.76. The predicted molar refractivity (Wildman–Crippen MR) is 102 cm³/mol. The number of unbranched alkanes of at least 4 members (excludes halogenated alkanes) is 2. The number of amides is 3. The van der Waals surface area contributed by atoms with E-state index in [0.717, 1.165) is 56.6 Å². The summed E-state index contributed by atoms with van der Waals surface area (Å²) in [7, 11) is 2.10. The predicted octanol–water partition coefficient (Wildman–Crippen LogP) is 3.42. The van der Waals surface area contributed by atoms with Crippen molar-refractivity contribution in [1.29, 1.82) is 0 Å². The van der Waals surface area contributed by atoms with Gasteiger partial charge >= 0.3 is 6.03 Å². The third kappa shape index (κ3) is 7.13. The molecule has 1 aromatic carbocycles. The minimum atomic E-state index is -0.175. The molecule has 0 radical (unpaired) electrons. The van der Waals surface area contributed by atoms with Gasteiger partial charge in [-0.05, 0) is 63.7 Å². The lowest BCUT2D eigenvalue weighted by molar-refractivity contribution is -0.116. The Kier molecular flexibility index (Phi) is 7.73. The number of piperidine rings is 1. The lowest BCUT2D eigenvalue weighted by atomic mass is 10.1. The maximum Gasteiger partial charge on any atom is 0.319 e. The first-order chi connectivity index (χ1) is 12.1. The van der Waals surface area contributed by atoms with Crippen LogP contribution in [-0.2, 0) is 4.79 Å². The van der Waals surface area contributed by atoms with Crippen LogP contribution in [0.2, 0.25) is 0 Å². The normalized spacial score (nSPS) is 15.6. The van der Waals surface area contributed by atoms with Gasteiger partial charge in [-0.3, -0.25) is 4.79 Å². The molecule has 138 valence electrons. The van der Waals surface area contributed by atoms with Crippen molar-refractivity contribution in [1.82, 2.24) is 10.2 Å². The van der Waals surface area contributed by atoms with Crippen LogP contribution >= 0.6 is 0 Å². The lowest BCUT2D eigenvalue weighted by Gasteiger charge is -2.29. The first-order valence-electron chi connectivity index (χ1n) is 9.23. The Bertz CT molecular complexity index is 551. The van der Waals surface area contributed by atoms with Gasteiger partial charge in [0.05, 0.1) is 0 Å². The molecule has 1 fully saturated rings. The van der Waals surface area contributed by atoms with Gasteiger partial charge in [0.1, 0.15) is 0 Å². The van der Waals surface area contributed by atoms with E-state index in [1.165, 1.54) is 0 Å². The highest BCUT2D eigenvalue weighted by atomic mass is 16.2. The fourth-order valence-electron chi connectivity index (χ4n) is 2.90. The second kappa shape index (κ2) is 10.0. The highest BCUT2D eigenvalue weighted by Crippen LogP contribution is 2.15. The summed E-state index contributed by atoms with van der Waals surface area (Å²) < 4.78 is 0. The topological polar surface area (TPSA) is 73.5 Å². The van der Waals surface area contributed by atoms with Gasteiger partial charge in [0.2, 0.25) is 5.91 Å². The molecule has 3 N–H and O–H groups in total. The first kappa shape index (κ1) is 19.2. The molecule has 0 unspecified atom stereocenters. The Morgan fingerprint density at radius 2 is 1.64 bits per heavy atom. The monoisotopic (exact) mass is 346 g/mol. The Morgan fingerprint density at radius 1 is 1.04 bits per heavy atom. The Balaban J connectivity index is 1.74. The van der Waals surface area contributed by atoms with Gasteiger partial charge in [-0.15, -0.1) is 0 Å². The maximum atomic E-state index is 12.1. The van der Waals surface area contributed by atoms with Crippen LogP contribution in [0.5, 0.6) is 0 Å². The van der Waals surface area contributed by atoms with E-state index in [9.17, 15) is 9.59 Å². The van der Waals surface area contributed by atoms with Crippen molar-refractivity contribution in [3.05, 3.63) is 24.3 Å². The Labute approximate surface area is 150 Å². The summed E-state index contributed by atoms with van der Waals surface area (Å²) in [5.41, 5.74) is 1.47. The minimum Gasteiger partial charge on any atom is -0.335 e. The quantitative estimate of drug-likeness (QED) is 0.662. The molecular formula is C19H30N4O2. The number of hydrogen-bond acceptors (Lipinski definition) is 3. The van der Waals surface area contributed by atoms with E-state index >= 15 is 0 Å². The molecule has 1 aliphatic heterocycles. The summed E-state index contributed by atoms with van der Waals surface area (Å²) in [6.07, 6.45) is 5.60. The number of urea groups is 1. The highest BCUT2D eigenvalue weighted by molar-refractivity contribution is 5.92. The van der Waals surface area contributed by atoms with Gasteiger partial charge in [-0.25, -0.2) is 4.79 Å². The molecule has 1 aliphatic rings. The van der Waals surface area contributed by atoms with Crippen molar-refractivity contribution in [3.8, 4) is 0 Å². The van der Waals surface area contributed by atoms with Crippen molar-refractivity contribution in [2.24, 2.45) is 0 Å². The number of rotatable bonds is 7. The molecule has 0 spiro atoms. The number of hydrogen-bond donors (Lipinski definition) is 3. The number of nitrogens with one attached hydrogen (secondary N) is 3. The van der Waals surface area contributed by atoms with E-state index in [0.29, 0.717) is 6.42 Å². The van der Waals surface area contributed by atoms with Gasteiger partial charge in [-0.2, -0.15) is 0 Å². The fraction of sp³-hybridized carbons (Fsp3) is 0.579. The van der Waals surface area contributed by atoms with E-state index in [1.807, 2.05) is 12.1 Å². The molecule has 2 rings (SSSR count). The van der Waals surface area contributed by atoms with Crippen molar-refractivity contribution in [2.75, 3.05) is 30.8 Å². The standard InChI is InChI=1S/C19H30N4O2/c1-3-4-5-6-18(24)20-15-7-9-16(10-8-15)21-19(25)22-17-11-13-23(2)14-12-17/h7-10,17H,3-6,11-14H2,1-2H3,(H,20,24)(H2,21,22,25). The van der Waals surface area contributed by atoms with Crippen molar-refractivity contribution >= 4 is 23.3 Å². The summed E-state index contributed by atoms with van der Waals surface area (Å²) in [5, 5.41) is 8.74. The van der Waals surface area contributed by atoms with Crippen LogP contribution in [0.15, 0.2) is 24.3 Å². The molecule has 25 heavy (non-hydrogen) atoms. The van der Waals surface area contributed by atoms with E-state index in [4.69, 9.17) is 0 Å². The molecule has 0 aromatic heterocycles. The Hall–Kier alpha value is -2.08. The van der Waals surface area contributed by atoms with Crippen LogP contribution < -0.4 is 16.0 Å². The average molecular weight is 346 g/mol. The molecule has 1 heterocycles. The number of carbonyl (C=O) groups excluding carboxylic acids is 2. The molecule has 0 saturated carbocycles. The van der Waals surface area contributed by atoms with Gasteiger partial charge in [0, 0.05) is 23.8 Å². The molecule has 0 bridgehead atoms. The van der Waals surface area contributed by atoms with Crippen molar-refractivity contribution < 1.29 is 9.59 Å². The summed E-state index contributed by atoms with van der Waals surface area (Å²) >= 11 is 0. The zero-order valence-electron chi connectivity index (χ0n) is 15.3. The molecule has 3 amide bonds. The fourth-order valence-corrected chi connectivity index (χ4v) is 2.90. The van der Waals surface area contributed by atoms with Gasteiger partial charge in [-0.1, -0.05) is 19.8 Å². The number of carbonyl (C=O) groups is 2. The van der Waals surface area contributed by atoms with Crippen LogP contribution in [0.3, 0.4) is 0 Å². The Morgan fingerprint density at radius 3 is 2.24 bits per heavy atom. The van der Waals surface area contributed by atoms with Crippen LogP contribution in [-0.4, -0.2) is 43.0 Å². The average Bonchev–Trinajstić information content (AvgIpc) is 2.59. The molecule has 1 saturated heterocycles. The first-order valence-corrected chi connectivity index (χ1v) is 9.23. The van der Waals surface area contributed by atoms with Gasteiger partial charge in [0.25, 0.3) is 0 Å². The number of benzene rings is 1. The van der Waals surface area contributed by atoms with Crippen LogP contribution in [0.4, 0.5) is 16.2 Å². The van der Waals surface area contributed by atoms with Crippen molar-refractivity contribution in [3.63, 3.8) is 0 Å². The SMILES string of the molecule is CCCCCC(=O)Nc1ccc(NC(=O)NC2CCN(C)CC2)cc1. The largest absolute Gasteiger partial charge is 0.335 e. The number of anilines is 2. The minimum absolute atomic E-state index is 0.0363. The van der Waals surface area contributed by atoms with Crippen molar-refractivity contribution in [2.45, 2.75) is 51.5 Å². The van der Waals surface area contributed by atoms with Crippen LogP contribution in [0.25, 0.3) is 0 Å².